The normalized spacial score (nSPS) is 10.1. The summed E-state index contributed by atoms with van der Waals surface area (Å²) in [7, 11) is 0. The molecule has 6 heteroatoms. The van der Waals surface area contributed by atoms with Crippen molar-refractivity contribution in [2.45, 2.75) is 6.42 Å². The molecule has 0 saturated carbocycles. The summed E-state index contributed by atoms with van der Waals surface area (Å²) >= 11 is 5.40. The lowest BCUT2D eigenvalue weighted by Gasteiger charge is -2.06. The van der Waals surface area contributed by atoms with E-state index >= 15 is 0 Å². The van der Waals surface area contributed by atoms with E-state index < -0.39 is 35.3 Å². The van der Waals surface area contributed by atoms with Gasteiger partial charge in [0.25, 0.3) is 0 Å². The highest BCUT2D eigenvalue weighted by Crippen LogP contribution is 2.35. The second-order valence-electron chi connectivity index (χ2n) is 2.59. The third-order valence-corrected chi connectivity index (χ3v) is 1.88. The van der Waals surface area contributed by atoms with Gasteiger partial charge in [0.05, 0.1) is 11.4 Å². The highest BCUT2D eigenvalue weighted by molar-refractivity contribution is 6.32. The van der Waals surface area contributed by atoms with Crippen LogP contribution >= 0.6 is 11.6 Å². The van der Waals surface area contributed by atoms with Crippen LogP contribution < -0.4 is 0 Å². The van der Waals surface area contributed by atoms with Crippen LogP contribution in [0.1, 0.15) is 5.56 Å². The van der Waals surface area contributed by atoms with E-state index in [0.29, 0.717) is 0 Å². The fourth-order valence-corrected chi connectivity index (χ4v) is 1.18. The number of carbonyl (C=O) groups is 1. The second-order valence-corrected chi connectivity index (χ2v) is 3.00. The lowest BCUT2D eigenvalue weighted by Crippen LogP contribution is -2.03. The number of hydrogen-bond donors (Lipinski definition) is 3. The molecule has 3 N–H and O–H groups in total. The molecule has 14 heavy (non-hydrogen) atoms. The summed E-state index contributed by atoms with van der Waals surface area (Å²) in [6.07, 6.45) is -0.744. The van der Waals surface area contributed by atoms with Crippen molar-refractivity contribution in [1.29, 1.82) is 0 Å². The van der Waals surface area contributed by atoms with Crippen molar-refractivity contribution in [3.05, 3.63) is 22.5 Å². The largest absolute Gasteiger partial charge is 0.506 e. The third-order valence-electron chi connectivity index (χ3n) is 1.59. The van der Waals surface area contributed by atoms with E-state index in [0.717, 1.165) is 6.07 Å². The minimum absolute atomic E-state index is 0.292. The molecule has 76 valence electrons. The van der Waals surface area contributed by atoms with Crippen LogP contribution in [0.5, 0.6) is 11.5 Å². The van der Waals surface area contributed by atoms with Gasteiger partial charge in [-0.3, -0.25) is 4.79 Å². The maximum Gasteiger partial charge on any atom is 0.308 e. The topological polar surface area (TPSA) is 77.8 Å². The summed E-state index contributed by atoms with van der Waals surface area (Å²) in [4.78, 5) is 10.3. The molecule has 0 aliphatic rings. The molecule has 0 aromatic heterocycles. The van der Waals surface area contributed by atoms with E-state index in [1.165, 1.54) is 0 Å². The average molecular weight is 221 g/mol. The molecule has 1 aromatic carbocycles. The fraction of sp³-hybridized carbons (Fsp3) is 0.125. The van der Waals surface area contributed by atoms with Gasteiger partial charge in [-0.25, -0.2) is 4.39 Å². The second kappa shape index (κ2) is 3.71. The summed E-state index contributed by atoms with van der Waals surface area (Å²) in [5, 5.41) is 26.3. The first-order chi connectivity index (χ1) is 6.43. The van der Waals surface area contributed by atoms with Crippen LogP contribution in [-0.4, -0.2) is 21.3 Å². The Bertz CT molecular complexity index is 365. The van der Waals surface area contributed by atoms with Gasteiger partial charge in [0.15, 0.2) is 11.6 Å². The van der Waals surface area contributed by atoms with Crippen LogP contribution in [0.15, 0.2) is 6.07 Å². The molecule has 0 aliphatic carbocycles. The van der Waals surface area contributed by atoms with E-state index in [1.807, 2.05) is 0 Å². The highest BCUT2D eigenvalue weighted by atomic mass is 35.5. The molecular formula is C8H6ClFO4. The fourth-order valence-electron chi connectivity index (χ4n) is 0.967. The van der Waals surface area contributed by atoms with E-state index in [9.17, 15) is 14.3 Å². The van der Waals surface area contributed by atoms with Crippen molar-refractivity contribution in [3.63, 3.8) is 0 Å². The number of aliphatic carboxylic acids is 1. The maximum absolute atomic E-state index is 13.1. The monoisotopic (exact) mass is 220 g/mol. The van der Waals surface area contributed by atoms with E-state index in [2.05, 4.69) is 0 Å². The zero-order valence-corrected chi connectivity index (χ0v) is 7.55. The number of benzene rings is 1. The molecule has 0 saturated heterocycles. The van der Waals surface area contributed by atoms with Crippen LogP contribution in [0.2, 0.25) is 5.02 Å². The minimum Gasteiger partial charge on any atom is -0.506 e. The minimum atomic E-state index is -1.33. The van der Waals surface area contributed by atoms with Crippen molar-refractivity contribution in [2.75, 3.05) is 0 Å². The van der Waals surface area contributed by atoms with Gasteiger partial charge < -0.3 is 15.3 Å². The molecule has 0 spiro atoms. The highest BCUT2D eigenvalue weighted by Gasteiger charge is 2.18. The van der Waals surface area contributed by atoms with E-state index in [-0.39, 0.29) is 5.02 Å². The van der Waals surface area contributed by atoms with E-state index in [1.54, 1.807) is 0 Å². The Morgan fingerprint density at radius 1 is 1.50 bits per heavy atom. The number of phenolic OH excluding ortho intramolecular Hbond substituents is 2. The SMILES string of the molecule is O=C(O)Cc1c(O)c(Cl)cc(O)c1F. The van der Waals surface area contributed by atoms with Gasteiger partial charge in [0.1, 0.15) is 5.75 Å². The van der Waals surface area contributed by atoms with Crippen LogP contribution in [0.3, 0.4) is 0 Å². The van der Waals surface area contributed by atoms with Crippen molar-refractivity contribution >= 4 is 17.6 Å². The molecular weight excluding hydrogens is 215 g/mol. The third kappa shape index (κ3) is 1.88. The Balaban J connectivity index is 3.31. The standard InChI is InChI=1S/C8H6ClFO4/c9-4-2-5(11)7(10)3(8(4)14)1-6(12)13/h2,11,14H,1H2,(H,12,13). The molecule has 0 radical (unpaired) electrons. The predicted octanol–water partition coefficient (Wildman–Crippen LogP) is 1.52. The summed E-state index contributed by atoms with van der Waals surface area (Å²) < 4.78 is 13.1. The van der Waals surface area contributed by atoms with Crippen LogP contribution in [0, 0.1) is 5.82 Å². The molecule has 0 heterocycles. The Labute approximate surface area is 83.2 Å². The van der Waals surface area contributed by atoms with Crippen molar-refractivity contribution in [2.24, 2.45) is 0 Å². The van der Waals surface area contributed by atoms with E-state index in [4.69, 9.17) is 21.8 Å². The Morgan fingerprint density at radius 3 is 2.57 bits per heavy atom. The molecule has 0 amide bonds. The van der Waals surface area contributed by atoms with Crippen LogP contribution in [-0.2, 0) is 11.2 Å². The van der Waals surface area contributed by atoms with Gasteiger partial charge in [-0.1, -0.05) is 11.6 Å². The van der Waals surface area contributed by atoms with Crippen LogP contribution in [0.25, 0.3) is 0 Å². The Kier molecular flexibility index (Phi) is 2.81. The quantitative estimate of drug-likeness (QED) is 0.661. The number of carboxylic acid groups (broad SMARTS) is 1. The number of halogens is 2. The van der Waals surface area contributed by atoms with Gasteiger partial charge >= 0.3 is 5.97 Å². The zero-order chi connectivity index (χ0) is 10.9. The number of hydrogen-bond acceptors (Lipinski definition) is 3. The first-order valence-electron chi connectivity index (χ1n) is 3.54. The smallest absolute Gasteiger partial charge is 0.308 e. The molecule has 1 rings (SSSR count). The van der Waals surface area contributed by atoms with Crippen LogP contribution in [0.4, 0.5) is 4.39 Å². The van der Waals surface area contributed by atoms with Gasteiger partial charge in [0.2, 0.25) is 0 Å². The van der Waals surface area contributed by atoms with Crippen molar-refractivity contribution < 1.29 is 24.5 Å². The molecule has 1 aromatic rings. The number of rotatable bonds is 2. The summed E-state index contributed by atoms with van der Waals surface area (Å²) in [6, 6.07) is 0.803. The first-order valence-corrected chi connectivity index (χ1v) is 3.92. The summed E-state index contributed by atoms with van der Waals surface area (Å²) in [5.41, 5.74) is -0.525. The zero-order valence-electron chi connectivity index (χ0n) is 6.79. The van der Waals surface area contributed by atoms with Gasteiger partial charge in [-0.15, -0.1) is 0 Å². The Hall–Kier alpha value is -1.49. The Morgan fingerprint density at radius 2 is 2.07 bits per heavy atom. The first kappa shape index (κ1) is 10.6. The van der Waals surface area contributed by atoms with Gasteiger partial charge in [-0.2, -0.15) is 0 Å². The molecule has 0 aliphatic heterocycles. The lowest BCUT2D eigenvalue weighted by molar-refractivity contribution is -0.136. The molecule has 0 unspecified atom stereocenters. The molecule has 0 bridgehead atoms. The van der Waals surface area contributed by atoms with Gasteiger partial charge in [0, 0.05) is 11.6 Å². The van der Waals surface area contributed by atoms with Crippen molar-refractivity contribution in [1.82, 2.24) is 0 Å². The molecule has 0 atom stereocenters. The maximum atomic E-state index is 13.1. The molecule has 4 nitrogen and oxygen atoms in total. The summed E-state index contributed by atoms with van der Waals surface area (Å²) in [6.45, 7) is 0. The predicted molar refractivity (Wildman–Crippen MR) is 46.1 cm³/mol. The average Bonchev–Trinajstić information content (AvgIpc) is 2.09. The molecule has 0 fully saturated rings. The van der Waals surface area contributed by atoms with Crippen molar-refractivity contribution in [3.8, 4) is 11.5 Å². The lowest BCUT2D eigenvalue weighted by atomic mass is 10.1. The number of carboxylic acids is 1. The number of phenols is 2. The summed E-state index contributed by atoms with van der Waals surface area (Å²) in [5.74, 6) is -3.96. The number of aromatic hydroxyl groups is 2. The van der Waals surface area contributed by atoms with Gasteiger partial charge in [-0.05, 0) is 0 Å².